The minimum atomic E-state index is 0.0761. The number of nitrogens with zero attached hydrogens (tertiary/aromatic N) is 2. The summed E-state index contributed by atoms with van der Waals surface area (Å²) in [6.07, 6.45) is 1.83. The standard InChI is InChI=1S/C26H37N3O2/c1-26(2,20-28(3)4)19-27-25(30)22-13-15-29(16-14-22)18-21-9-8-12-24(17-21)31-23-10-6-5-7-11-23/h5-12,17,22H,13-16,18-20H2,1-4H3,(H,27,30). The van der Waals surface area contributed by atoms with Crippen molar-refractivity contribution in [3.8, 4) is 11.5 Å². The molecule has 1 saturated heterocycles. The summed E-state index contributed by atoms with van der Waals surface area (Å²) in [5.41, 5.74) is 1.31. The second-order valence-corrected chi connectivity index (χ2v) is 9.73. The molecule has 168 valence electrons. The van der Waals surface area contributed by atoms with E-state index in [9.17, 15) is 4.79 Å². The maximum atomic E-state index is 12.7. The van der Waals surface area contributed by atoms with Gasteiger partial charge < -0.3 is 15.0 Å². The van der Waals surface area contributed by atoms with Gasteiger partial charge in [0.1, 0.15) is 11.5 Å². The normalized spacial score (nSPS) is 15.8. The SMILES string of the molecule is CN(C)CC(C)(C)CNC(=O)C1CCN(Cc2cccc(Oc3ccccc3)c2)CC1. The summed E-state index contributed by atoms with van der Waals surface area (Å²) in [5, 5.41) is 3.19. The average molecular weight is 424 g/mol. The van der Waals surface area contributed by atoms with E-state index in [-0.39, 0.29) is 17.2 Å². The van der Waals surface area contributed by atoms with Gasteiger partial charge in [-0.3, -0.25) is 9.69 Å². The number of nitrogens with one attached hydrogen (secondary N) is 1. The van der Waals surface area contributed by atoms with Gasteiger partial charge in [0, 0.05) is 25.6 Å². The van der Waals surface area contributed by atoms with Crippen LogP contribution in [0.3, 0.4) is 0 Å². The molecule has 3 rings (SSSR count). The Bertz CT molecular complexity index is 828. The van der Waals surface area contributed by atoms with Crippen molar-refractivity contribution < 1.29 is 9.53 Å². The van der Waals surface area contributed by atoms with Crippen molar-refractivity contribution in [2.24, 2.45) is 11.3 Å². The molecule has 0 atom stereocenters. The first-order chi connectivity index (χ1) is 14.8. The zero-order chi connectivity index (χ0) is 22.3. The number of amides is 1. The molecule has 5 heteroatoms. The third-order valence-corrected chi connectivity index (χ3v) is 5.73. The molecule has 1 amide bonds. The van der Waals surface area contributed by atoms with E-state index in [0.717, 1.165) is 57.1 Å². The van der Waals surface area contributed by atoms with E-state index in [1.165, 1.54) is 5.56 Å². The summed E-state index contributed by atoms with van der Waals surface area (Å²) in [6, 6.07) is 18.1. The summed E-state index contributed by atoms with van der Waals surface area (Å²) < 4.78 is 5.96. The lowest BCUT2D eigenvalue weighted by Gasteiger charge is -2.33. The molecule has 0 unspecified atom stereocenters. The molecule has 0 aliphatic carbocycles. The lowest BCUT2D eigenvalue weighted by atomic mass is 9.91. The van der Waals surface area contributed by atoms with E-state index >= 15 is 0 Å². The Kier molecular flexibility index (Phi) is 8.10. The molecule has 1 heterocycles. The fourth-order valence-corrected chi connectivity index (χ4v) is 4.33. The maximum Gasteiger partial charge on any atom is 0.223 e. The van der Waals surface area contributed by atoms with Crippen molar-refractivity contribution in [3.63, 3.8) is 0 Å². The van der Waals surface area contributed by atoms with E-state index in [1.54, 1.807) is 0 Å². The summed E-state index contributed by atoms with van der Waals surface area (Å²) >= 11 is 0. The number of para-hydroxylation sites is 1. The van der Waals surface area contributed by atoms with Crippen LogP contribution in [0, 0.1) is 11.3 Å². The van der Waals surface area contributed by atoms with Gasteiger partial charge in [-0.15, -0.1) is 0 Å². The van der Waals surface area contributed by atoms with Crippen molar-refractivity contribution in [2.45, 2.75) is 33.2 Å². The topological polar surface area (TPSA) is 44.8 Å². The van der Waals surface area contributed by atoms with Gasteiger partial charge in [0.25, 0.3) is 0 Å². The molecular formula is C26H37N3O2. The minimum Gasteiger partial charge on any atom is -0.457 e. The molecule has 1 fully saturated rings. The number of carbonyl (C=O) groups is 1. The van der Waals surface area contributed by atoms with Crippen molar-refractivity contribution >= 4 is 5.91 Å². The van der Waals surface area contributed by atoms with Gasteiger partial charge in [-0.05, 0) is 75.3 Å². The number of likely N-dealkylation sites (tertiary alicyclic amines) is 1. The van der Waals surface area contributed by atoms with Gasteiger partial charge in [0.15, 0.2) is 0 Å². The Labute approximate surface area is 187 Å². The third kappa shape index (κ3) is 7.67. The molecule has 2 aromatic carbocycles. The molecule has 0 saturated carbocycles. The van der Waals surface area contributed by atoms with Crippen molar-refractivity contribution in [1.29, 1.82) is 0 Å². The molecule has 1 aliphatic rings. The van der Waals surface area contributed by atoms with Gasteiger partial charge in [-0.25, -0.2) is 0 Å². The zero-order valence-corrected chi connectivity index (χ0v) is 19.4. The Hall–Kier alpha value is -2.37. The number of hydrogen-bond acceptors (Lipinski definition) is 4. The number of rotatable bonds is 9. The third-order valence-electron chi connectivity index (χ3n) is 5.73. The molecule has 0 radical (unpaired) electrons. The highest BCUT2D eigenvalue weighted by atomic mass is 16.5. The summed E-state index contributed by atoms with van der Waals surface area (Å²) in [6.45, 7) is 8.86. The van der Waals surface area contributed by atoms with E-state index in [4.69, 9.17) is 4.74 Å². The van der Waals surface area contributed by atoms with Crippen LogP contribution < -0.4 is 10.1 Å². The monoisotopic (exact) mass is 423 g/mol. The van der Waals surface area contributed by atoms with Crippen molar-refractivity contribution in [3.05, 3.63) is 60.2 Å². The summed E-state index contributed by atoms with van der Waals surface area (Å²) in [4.78, 5) is 17.3. The Morgan fingerprint density at radius 1 is 1.06 bits per heavy atom. The minimum absolute atomic E-state index is 0.0761. The Morgan fingerprint density at radius 3 is 2.42 bits per heavy atom. The van der Waals surface area contributed by atoms with Crippen LogP contribution in [0.2, 0.25) is 0 Å². The molecule has 0 spiro atoms. The number of hydrogen-bond donors (Lipinski definition) is 1. The number of ether oxygens (including phenoxy) is 1. The van der Waals surface area contributed by atoms with Crippen LogP contribution in [-0.4, -0.2) is 56.0 Å². The fourth-order valence-electron chi connectivity index (χ4n) is 4.33. The van der Waals surface area contributed by atoms with Gasteiger partial charge in [0.05, 0.1) is 0 Å². The van der Waals surface area contributed by atoms with Crippen molar-refractivity contribution in [1.82, 2.24) is 15.1 Å². The molecular weight excluding hydrogens is 386 g/mol. The van der Waals surface area contributed by atoms with Crippen molar-refractivity contribution in [2.75, 3.05) is 40.3 Å². The highest BCUT2D eigenvalue weighted by molar-refractivity contribution is 5.78. The largest absolute Gasteiger partial charge is 0.457 e. The number of benzene rings is 2. The van der Waals surface area contributed by atoms with Crippen LogP contribution in [0.1, 0.15) is 32.3 Å². The van der Waals surface area contributed by atoms with Gasteiger partial charge >= 0.3 is 0 Å². The van der Waals surface area contributed by atoms with E-state index in [2.05, 4.69) is 55.2 Å². The molecule has 1 aliphatic heterocycles. The first-order valence-corrected chi connectivity index (χ1v) is 11.3. The van der Waals surface area contributed by atoms with Gasteiger partial charge in [-0.1, -0.05) is 44.2 Å². The maximum absolute atomic E-state index is 12.7. The van der Waals surface area contributed by atoms with Gasteiger partial charge in [-0.2, -0.15) is 0 Å². The van der Waals surface area contributed by atoms with E-state index in [0.29, 0.717) is 0 Å². The Morgan fingerprint density at radius 2 is 1.74 bits per heavy atom. The first kappa shape index (κ1) is 23.3. The second kappa shape index (κ2) is 10.8. The van der Waals surface area contributed by atoms with Crippen LogP contribution in [0.25, 0.3) is 0 Å². The van der Waals surface area contributed by atoms with Crippen LogP contribution in [-0.2, 0) is 11.3 Å². The number of piperidine rings is 1. The van der Waals surface area contributed by atoms with Crippen LogP contribution in [0.5, 0.6) is 11.5 Å². The number of carbonyl (C=O) groups excluding carboxylic acids is 1. The molecule has 0 aromatic heterocycles. The highest BCUT2D eigenvalue weighted by Crippen LogP contribution is 2.24. The molecule has 0 bridgehead atoms. The highest BCUT2D eigenvalue weighted by Gasteiger charge is 2.27. The Balaban J connectivity index is 1.45. The molecule has 31 heavy (non-hydrogen) atoms. The second-order valence-electron chi connectivity index (χ2n) is 9.73. The smallest absolute Gasteiger partial charge is 0.223 e. The first-order valence-electron chi connectivity index (χ1n) is 11.3. The zero-order valence-electron chi connectivity index (χ0n) is 19.4. The molecule has 5 nitrogen and oxygen atoms in total. The predicted molar refractivity (Wildman–Crippen MR) is 126 cm³/mol. The molecule has 1 N–H and O–H groups in total. The average Bonchev–Trinajstić information content (AvgIpc) is 2.73. The fraction of sp³-hybridized carbons (Fsp3) is 0.500. The van der Waals surface area contributed by atoms with Crippen LogP contribution >= 0.6 is 0 Å². The molecule has 2 aromatic rings. The van der Waals surface area contributed by atoms with E-state index < -0.39 is 0 Å². The van der Waals surface area contributed by atoms with Crippen LogP contribution in [0.4, 0.5) is 0 Å². The van der Waals surface area contributed by atoms with Crippen LogP contribution in [0.15, 0.2) is 54.6 Å². The van der Waals surface area contributed by atoms with E-state index in [1.807, 2.05) is 42.5 Å². The predicted octanol–water partition coefficient (Wildman–Crippen LogP) is 4.39. The van der Waals surface area contributed by atoms with Gasteiger partial charge in [0.2, 0.25) is 5.91 Å². The summed E-state index contributed by atoms with van der Waals surface area (Å²) in [7, 11) is 4.14. The quantitative estimate of drug-likeness (QED) is 0.650. The lowest BCUT2D eigenvalue weighted by Crippen LogP contribution is -2.44. The summed E-state index contributed by atoms with van der Waals surface area (Å²) in [5.74, 6) is 2.04. The lowest BCUT2D eigenvalue weighted by molar-refractivity contribution is -0.127.